The minimum Gasteiger partial charge on any atom is -0.497 e. The van der Waals surface area contributed by atoms with E-state index < -0.39 is 11.9 Å². The van der Waals surface area contributed by atoms with Crippen LogP contribution in [-0.2, 0) is 16.0 Å². The first-order valence-corrected chi connectivity index (χ1v) is 7.71. The van der Waals surface area contributed by atoms with E-state index in [1.54, 1.807) is 7.11 Å². The predicted octanol–water partition coefficient (Wildman–Crippen LogP) is 3.04. The van der Waals surface area contributed by atoms with Gasteiger partial charge in [-0.2, -0.15) is 0 Å². The molecule has 0 saturated carbocycles. The summed E-state index contributed by atoms with van der Waals surface area (Å²) in [6.45, 7) is 1.53. The van der Waals surface area contributed by atoms with Crippen molar-refractivity contribution in [1.82, 2.24) is 4.98 Å². The third-order valence-electron chi connectivity index (χ3n) is 3.20. The lowest BCUT2D eigenvalue weighted by Crippen LogP contribution is -2.16. The Morgan fingerprint density at radius 2 is 2.18 bits per heavy atom. The van der Waals surface area contributed by atoms with Gasteiger partial charge in [0.15, 0.2) is 0 Å². The first kappa shape index (κ1) is 16.2. The van der Waals surface area contributed by atoms with Crippen LogP contribution < -0.4 is 4.74 Å². The molecule has 0 fully saturated rings. The van der Waals surface area contributed by atoms with Crippen molar-refractivity contribution in [2.24, 2.45) is 5.92 Å². The second-order valence-electron chi connectivity index (χ2n) is 5.03. The van der Waals surface area contributed by atoms with Crippen molar-refractivity contribution in [3.8, 4) is 16.3 Å². The Labute approximate surface area is 132 Å². The molecule has 0 aliphatic carbocycles. The van der Waals surface area contributed by atoms with Crippen molar-refractivity contribution in [3.05, 3.63) is 35.3 Å². The normalized spacial score (nSPS) is 11.9. The summed E-state index contributed by atoms with van der Waals surface area (Å²) in [5.74, 6) is -0.981. The highest BCUT2D eigenvalue weighted by Gasteiger charge is 2.17. The zero-order chi connectivity index (χ0) is 16.1. The van der Waals surface area contributed by atoms with Gasteiger partial charge >= 0.3 is 5.97 Å². The van der Waals surface area contributed by atoms with Crippen LogP contribution in [0.15, 0.2) is 29.6 Å². The van der Waals surface area contributed by atoms with E-state index in [0.717, 1.165) is 16.3 Å². The largest absolute Gasteiger partial charge is 0.497 e. The number of nitrogens with zero attached hydrogens (tertiary/aromatic N) is 1. The van der Waals surface area contributed by atoms with Crippen LogP contribution in [0.2, 0.25) is 0 Å². The molecule has 0 aliphatic rings. The van der Waals surface area contributed by atoms with Crippen LogP contribution in [0.3, 0.4) is 0 Å². The maximum atomic E-state index is 11.9. The second-order valence-corrected chi connectivity index (χ2v) is 5.89. The van der Waals surface area contributed by atoms with Gasteiger partial charge in [0.25, 0.3) is 0 Å². The lowest BCUT2D eigenvalue weighted by molar-refractivity contribution is -0.143. The number of aliphatic carboxylic acids is 1. The molecular weight excluding hydrogens is 302 g/mol. The fourth-order valence-corrected chi connectivity index (χ4v) is 2.80. The van der Waals surface area contributed by atoms with Crippen LogP contribution in [-0.4, -0.2) is 29.0 Å². The molecule has 0 bridgehead atoms. The Bertz CT molecular complexity index is 680. The van der Waals surface area contributed by atoms with Crippen molar-refractivity contribution >= 4 is 23.1 Å². The molecule has 0 amide bonds. The molecule has 116 valence electrons. The molecule has 2 aromatic rings. The van der Waals surface area contributed by atoms with Crippen molar-refractivity contribution < 1.29 is 19.4 Å². The van der Waals surface area contributed by atoms with E-state index in [4.69, 9.17) is 9.84 Å². The summed E-state index contributed by atoms with van der Waals surface area (Å²) < 4.78 is 5.18. The Hall–Kier alpha value is -2.21. The number of carbonyl (C=O) groups excluding carboxylic acids is 1. The third kappa shape index (κ3) is 4.14. The minimum atomic E-state index is -0.955. The van der Waals surface area contributed by atoms with E-state index >= 15 is 0 Å². The summed E-state index contributed by atoms with van der Waals surface area (Å²) in [5.41, 5.74) is 1.60. The molecule has 1 N–H and O–H groups in total. The SMILES string of the molecule is COc1cccc(-c2nc(CC(=O)C[C@@H](C)C(=O)O)cs2)c1. The molecule has 5 nitrogen and oxygen atoms in total. The number of aromatic nitrogens is 1. The maximum absolute atomic E-state index is 11.9. The molecule has 22 heavy (non-hydrogen) atoms. The number of methoxy groups -OCH3 is 1. The number of hydrogen-bond acceptors (Lipinski definition) is 5. The standard InChI is InChI=1S/C16H17NO4S/c1-10(16(19)20)6-13(18)8-12-9-22-15(17-12)11-4-3-5-14(7-11)21-2/h3-5,7,9-10H,6,8H2,1-2H3,(H,19,20)/t10-/m1/s1. The van der Waals surface area contributed by atoms with E-state index in [9.17, 15) is 9.59 Å². The number of benzene rings is 1. The van der Waals surface area contributed by atoms with Crippen molar-refractivity contribution in [1.29, 1.82) is 0 Å². The van der Waals surface area contributed by atoms with E-state index in [-0.39, 0.29) is 18.6 Å². The van der Waals surface area contributed by atoms with E-state index in [1.807, 2.05) is 29.6 Å². The molecule has 1 aromatic heterocycles. The average Bonchev–Trinajstić information content (AvgIpc) is 2.95. The summed E-state index contributed by atoms with van der Waals surface area (Å²) in [6, 6.07) is 7.56. The number of Topliss-reactive ketones (excluding diaryl/α,β-unsaturated/α-hetero) is 1. The summed E-state index contributed by atoms with van der Waals surface area (Å²) in [7, 11) is 1.61. The Morgan fingerprint density at radius 3 is 2.86 bits per heavy atom. The van der Waals surface area contributed by atoms with Gasteiger partial charge in [-0.25, -0.2) is 4.98 Å². The number of ether oxygens (including phenoxy) is 1. The number of hydrogen-bond donors (Lipinski definition) is 1. The number of thiazole rings is 1. The van der Waals surface area contributed by atoms with Gasteiger partial charge in [-0.1, -0.05) is 19.1 Å². The molecule has 6 heteroatoms. The van der Waals surface area contributed by atoms with E-state index in [2.05, 4.69) is 4.98 Å². The molecule has 1 heterocycles. The van der Waals surface area contributed by atoms with Gasteiger partial charge in [0.2, 0.25) is 0 Å². The number of ketones is 1. The first-order valence-electron chi connectivity index (χ1n) is 6.83. The Kier molecular flexibility index (Phi) is 5.27. The number of carboxylic acids is 1. The highest BCUT2D eigenvalue weighted by atomic mass is 32.1. The zero-order valence-corrected chi connectivity index (χ0v) is 13.2. The fraction of sp³-hybridized carbons (Fsp3) is 0.312. The summed E-state index contributed by atoms with van der Waals surface area (Å²) >= 11 is 1.45. The van der Waals surface area contributed by atoms with Gasteiger partial charge in [0.05, 0.1) is 18.7 Å². The molecule has 1 atom stereocenters. The van der Waals surface area contributed by atoms with Crippen LogP contribution in [0, 0.1) is 5.92 Å². The lowest BCUT2D eigenvalue weighted by atomic mass is 10.0. The van der Waals surface area contributed by atoms with Crippen LogP contribution >= 0.6 is 11.3 Å². The smallest absolute Gasteiger partial charge is 0.306 e. The number of carbonyl (C=O) groups is 2. The molecule has 0 spiro atoms. The van der Waals surface area contributed by atoms with Crippen LogP contribution in [0.4, 0.5) is 0 Å². The van der Waals surface area contributed by atoms with Crippen LogP contribution in [0.1, 0.15) is 19.0 Å². The van der Waals surface area contributed by atoms with Crippen LogP contribution in [0.25, 0.3) is 10.6 Å². The molecule has 0 radical (unpaired) electrons. The van der Waals surface area contributed by atoms with Gasteiger partial charge in [-0.05, 0) is 12.1 Å². The molecule has 0 unspecified atom stereocenters. The molecular formula is C16H17NO4S. The summed E-state index contributed by atoms with van der Waals surface area (Å²) in [5, 5.41) is 11.5. The lowest BCUT2D eigenvalue weighted by Gasteiger charge is -2.03. The van der Waals surface area contributed by atoms with Gasteiger partial charge in [-0.3, -0.25) is 9.59 Å². The average molecular weight is 319 g/mol. The topological polar surface area (TPSA) is 76.5 Å². The monoisotopic (exact) mass is 319 g/mol. The summed E-state index contributed by atoms with van der Waals surface area (Å²) in [6.07, 6.45) is 0.194. The van der Waals surface area contributed by atoms with Crippen molar-refractivity contribution in [2.75, 3.05) is 7.11 Å². The quantitative estimate of drug-likeness (QED) is 0.849. The van der Waals surface area contributed by atoms with Crippen molar-refractivity contribution in [2.45, 2.75) is 19.8 Å². The van der Waals surface area contributed by atoms with E-state index in [0.29, 0.717) is 5.69 Å². The molecule has 0 saturated heterocycles. The van der Waals surface area contributed by atoms with Crippen molar-refractivity contribution in [3.63, 3.8) is 0 Å². The highest BCUT2D eigenvalue weighted by molar-refractivity contribution is 7.13. The minimum absolute atomic E-state index is 0.0291. The van der Waals surface area contributed by atoms with Crippen LogP contribution in [0.5, 0.6) is 5.75 Å². The third-order valence-corrected chi connectivity index (χ3v) is 4.14. The molecule has 2 rings (SSSR count). The fourth-order valence-electron chi connectivity index (χ4n) is 1.98. The van der Waals surface area contributed by atoms with Gasteiger partial charge < -0.3 is 9.84 Å². The molecule has 1 aromatic carbocycles. The first-order chi connectivity index (χ1) is 10.5. The van der Waals surface area contributed by atoms with E-state index in [1.165, 1.54) is 18.3 Å². The Balaban J connectivity index is 2.05. The highest BCUT2D eigenvalue weighted by Crippen LogP contribution is 2.27. The number of rotatable bonds is 7. The maximum Gasteiger partial charge on any atom is 0.306 e. The molecule has 0 aliphatic heterocycles. The van der Waals surface area contributed by atoms with Gasteiger partial charge in [0, 0.05) is 23.8 Å². The zero-order valence-electron chi connectivity index (χ0n) is 12.4. The predicted molar refractivity (Wildman–Crippen MR) is 84.2 cm³/mol. The summed E-state index contributed by atoms with van der Waals surface area (Å²) in [4.78, 5) is 27.1. The van der Waals surface area contributed by atoms with Gasteiger partial charge in [-0.15, -0.1) is 11.3 Å². The second kappa shape index (κ2) is 7.17. The van der Waals surface area contributed by atoms with Gasteiger partial charge in [0.1, 0.15) is 16.5 Å². The Morgan fingerprint density at radius 1 is 1.41 bits per heavy atom. The number of carboxylic acid groups (broad SMARTS) is 1.